The molecule has 0 radical (unpaired) electrons. The van der Waals surface area contributed by atoms with Crippen LogP contribution in [0.5, 0.6) is 0 Å². The van der Waals surface area contributed by atoms with Gasteiger partial charge in [0, 0.05) is 13.0 Å². The second-order valence-electron chi connectivity index (χ2n) is 3.92. The number of hydrogen-bond donors (Lipinski definition) is 2. The molecule has 4 heteroatoms. The number of carbonyl (C=O) groups excluding carboxylic acids is 1. The van der Waals surface area contributed by atoms with E-state index in [1.807, 2.05) is 20.8 Å². The van der Waals surface area contributed by atoms with Crippen LogP contribution in [-0.2, 0) is 9.63 Å². The predicted octanol–water partition coefficient (Wildman–Crippen LogP) is 0.995. The highest BCUT2D eigenvalue weighted by atomic mass is 16.7. The molecule has 0 aromatic heterocycles. The zero-order valence-electron chi connectivity index (χ0n) is 8.59. The highest BCUT2D eigenvalue weighted by molar-refractivity contribution is 5.74. The van der Waals surface area contributed by atoms with Crippen LogP contribution in [0.1, 0.15) is 40.0 Å². The first-order valence-corrected chi connectivity index (χ1v) is 4.53. The Morgan fingerprint density at radius 1 is 1.38 bits per heavy atom. The average molecular weight is 189 g/mol. The first kappa shape index (κ1) is 12.4. The molecule has 78 valence electrons. The molecule has 0 fully saturated rings. The van der Waals surface area contributed by atoms with Crippen LogP contribution in [0.15, 0.2) is 0 Å². The summed E-state index contributed by atoms with van der Waals surface area (Å²) in [6, 6.07) is 0. The largest absolute Gasteiger partial charge is 0.396 e. The van der Waals surface area contributed by atoms with Gasteiger partial charge in [-0.3, -0.25) is 9.63 Å². The van der Waals surface area contributed by atoms with Crippen LogP contribution in [0.4, 0.5) is 0 Å². The second kappa shape index (κ2) is 5.94. The molecule has 0 aliphatic carbocycles. The summed E-state index contributed by atoms with van der Waals surface area (Å²) >= 11 is 0. The van der Waals surface area contributed by atoms with E-state index in [4.69, 9.17) is 9.94 Å². The van der Waals surface area contributed by atoms with E-state index in [1.54, 1.807) is 0 Å². The van der Waals surface area contributed by atoms with Gasteiger partial charge in [-0.1, -0.05) is 0 Å². The van der Waals surface area contributed by atoms with Crippen LogP contribution in [-0.4, -0.2) is 23.2 Å². The Labute approximate surface area is 79.2 Å². The van der Waals surface area contributed by atoms with Gasteiger partial charge in [-0.2, -0.15) is 0 Å². The maximum Gasteiger partial charge on any atom is 0.243 e. The monoisotopic (exact) mass is 189 g/mol. The SMILES string of the molecule is CC(C)(C)ONC(=O)CCCCO. The maximum absolute atomic E-state index is 11.0. The van der Waals surface area contributed by atoms with E-state index in [0.717, 1.165) is 0 Å². The number of aliphatic hydroxyl groups is 1. The number of unbranched alkanes of at least 4 members (excludes halogenated alkanes) is 1. The fraction of sp³-hybridized carbons (Fsp3) is 0.889. The average Bonchev–Trinajstić information content (AvgIpc) is 2.00. The van der Waals surface area contributed by atoms with Crippen molar-refractivity contribution >= 4 is 5.91 Å². The molecule has 0 saturated carbocycles. The van der Waals surface area contributed by atoms with Crippen molar-refractivity contribution < 1.29 is 14.7 Å². The lowest BCUT2D eigenvalue weighted by molar-refractivity contribution is -0.145. The molecule has 0 spiro atoms. The number of aliphatic hydroxyl groups excluding tert-OH is 1. The Morgan fingerprint density at radius 3 is 2.46 bits per heavy atom. The van der Waals surface area contributed by atoms with E-state index in [0.29, 0.717) is 19.3 Å². The van der Waals surface area contributed by atoms with Crippen molar-refractivity contribution in [3.05, 3.63) is 0 Å². The van der Waals surface area contributed by atoms with Gasteiger partial charge < -0.3 is 5.11 Å². The summed E-state index contributed by atoms with van der Waals surface area (Å²) in [4.78, 5) is 16.1. The molecule has 0 aromatic rings. The lowest BCUT2D eigenvalue weighted by Crippen LogP contribution is -2.33. The van der Waals surface area contributed by atoms with Gasteiger partial charge in [-0.05, 0) is 33.6 Å². The predicted molar refractivity (Wildman–Crippen MR) is 49.9 cm³/mol. The van der Waals surface area contributed by atoms with Crippen molar-refractivity contribution in [2.75, 3.05) is 6.61 Å². The van der Waals surface area contributed by atoms with Gasteiger partial charge in [0.1, 0.15) is 0 Å². The minimum atomic E-state index is -0.355. The molecule has 0 aliphatic heterocycles. The zero-order chi connectivity index (χ0) is 10.3. The van der Waals surface area contributed by atoms with E-state index in [-0.39, 0.29) is 18.1 Å². The summed E-state index contributed by atoms with van der Waals surface area (Å²) in [5.41, 5.74) is 2.01. The summed E-state index contributed by atoms with van der Waals surface area (Å²) in [6.45, 7) is 5.72. The van der Waals surface area contributed by atoms with Crippen LogP contribution in [0.3, 0.4) is 0 Å². The molecule has 0 unspecified atom stereocenters. The van der Waals surface area contributed by atoms with Crippen molar-refractivity contribution in [1.29, 1.82) is 0 Å². The third-order valence-electron chi connectivity index (χ3n) is 1.28. The van der Waals surface area contributed by atoms with Crippen molar-refractivity contribution in [2.24, 2.45) is 0 Å². The Hall–Kier alpha value is -0.610. The number of carbonyl (C=O) groups is 1. The van der Waals surface area contributed by atoms with Crippen molar-refractivity contribution in [3.63, 3.8) is 0 Å². The summed E-state index contributed by atoms with van der Waals surface area (Å²) in [5, 5.41) is 8.48. The maximum atomic E-state index is 11.0. The Bertz CT molecular complexity index is 151. The van der Waals surface area contributed by atoms with E-state index in [1.165, 1.54) is 0 Å². The van der Waals surface area contributed by atoms with E-state index in [9.17, 15) is 4.79 Å². The fourth-order valence-corrected chi connectivity index (χ4v) is 0.658. The summed E-state index contributed by atoms with van der Waals surface area (Å²) in [6.07, 6.45) is 1.75. The first-order valence-electron chi connectivity index (χ1n) is 4.53. The number of nitrogens with one attached hydrogen (secondary N) is 1. The second-order valence-corrected chi connectivity index (χ2v) is 3.92. The third-order valence-corrected chi connectivity index (χ3v) is 1.28. The normalized spacial score (nSPS) is 11.4. The van der Waals surface area contributed by atoms with E-state index in [2.05, 4.69) is 5.48 Å². The molecule has 0 aromatic carbocycles. The molecule has 0 atom stereocenters. The number of hydroxylamine groups is 1. The molecule has 13 heavy (non-hydrogen) atoms. The molecule has 0 bridgehead atoms. The van der Waals surface area contributed by atoms with Gasteiger partial charge in [0.25, 0.3) is 0 Å². The molecular formula is C9H19NO3. The summed E-state index contributed by atoms with van der Waals surface area (Å²) < 4.78 is 0. The minimum absolute atomic E-state index is 0.132. The lowest BCUT2D eigenvalue weighted by Gasteiger charge is -2.18. The number of hydrogen-bond acceptors (Lipinski definition) is 3. The Balaban J connectivity index is 3.41. The van der Waals surface area contributed by atoms with Gasteiger partial charge >= 0.3 is 0 Å². The molecule has 2 N–H and O–H groups in total. The van der Waals surface area contributed by atoms with E-state index >= 15 is 0 Å². The van der Waals surface area contributed by atoms with Gasteiger partial charge in [-0.15, -0.1) is 0 Å². The summed E-state index contributed by atoms with van der Waals surface area (Å²) in [7, 11) is 0. The van der Waals surface area contributed by atoms with Gasteiger partial charge in [0.05, 0.1) is 5.60 Å². The van der Waals surface area contributed by atoms with Crippen LogP contribution < -0.4 is 5.48 Å². The standard InChI is InChI=1S/C9H19NO3/c1-9(2,3)13-10-8(12)6-4-5-7-11/h11H,4-7H2,1-3H3,(H,10,12). The van der Waals surface area contributed by atoms with Crippen molar-refractivity contribution in [1.82, 2.24) is 5.48 Å². The topological polar surface area (TPSA) is 58.6 Å². The fourth-order valence-electron chi connectivity index (χ4n) is 0.658. The number of amides is 1. The van der Waals surface area contributed by atoms with Crippen LogP contribution in [0.2, 0.25) is 0 Å². The first-order chi connectivity index (χ1) is 5.95. The highest BCUT2D eigenvalue weighted by Gasteiger charge is 2.12. The highest BCUT2D eigenvalue weighted by Crippen LogP contribution is 2.04. The molecule has 4 nitrogen and oxygen atoms in total. The third kappa shape index (κ3) is 9.30. The molecule has 1 amide bonds. The Kier molecular flexibility index (Phi) is 5.66. The molecule has 0 heterocycles. The van der Waals surface area contributed by atoms with Crippen LogP contribution in [0, 0.1) is 0 Å². The quantitative estimate of drug-likeness (QED) is 0.501. The minimum Gasteiger partial charge on any atom is -0.396 e. The van der Waals surface area contributed by atoms with Gasteiger partial charge in [0.2, 0.25) is 5.91 Å². The van der Waals surface area contributed by atoms with Gasteiger partial charge in [0.15, 0.2) is 0 Å². The Morgan fingerprint density at radius 2 is 2.00 bits per heavy atom. The summed E-state index contributed by atoms with van der Waals surface area (Å²) in [5.74, 6) is -0.136. The molecule has 0 rings (SSSR count). The molecule has 0 aliphatic rings. The number of rotatable bonds is 5. The molecular weight excluding hydrogens is 170 g/mol. The van der Waals surface area contributed by atoms with E-state index < -0.39 is 0 Å². The van der Waals surface area contributed by atoms with Crippen molar-refractivity contribution in [3.8, 4) is 0 Å². The van der Waals surface area contributed by atoms with Crippen LogP contribution in [0.25, 0.3) is 0 Å². The molecule has 0 saturated heterocycles. The lowest BCUT2D eigenvalue weighted by atomic mass is 10.2. The zero-order valence-corrected chi connectivity index (χ0v) is 8.59. The van der Waals surface area contributed by atoms with Crippen LogP contribution >= 0.6 is 0 Å². The smallest absolute Gasteiger partial charge is 0.243 e. The van der Waals surface area contributed by atoms with Gasteiger partial charge in [-0.25, -0.2) is 5.48 Å². The van der Waals surface area contributed by atoms with Crippen molar-refractivity contribution in [2.45, 2.75) is 45.6 Å².